The van der Waals surface area contributed by atoms with E-state index in [9.17, 15) is 5.11 Å². The number of aliphatic hydroxyl groups excluding tert-OH is 1. The van der Waals surface area contributed by atoms with E-state index in [1.807, 2.05) is 12.1 Å². The topological polar surface area (TPSA) is 39.6 Å². The smallest absolute Gasteiger partial charge is 0.128 e. The van der Waals surface area contributed by atoms with Crippen LogP contribution in [0.25, 0.3) is 0 Å². The summed E-state index contributed by atoms with van der Waals surface area (Å²) in [6.07, 6.45) is 4.13. The highest BCUT2D eigenvalue weighted by molar-refractivity contribution is 5.40. The van der Waals surface area contributed by atoms with Crippen LogP contribution < -0.4 is 4.90 Å². The van der Waals surface area contributed by atoms with Crippen molar-refractivity contribution in [2.75, 3.05) is 31.1 Å². The molecule has 0 amide bonds. The first-order valence-electron chi connectivity index (χ1n) is 6.87. The standard InChI is InChI=1S/C14H21N3O/c1-11(18)12-2-5-14(15-10-12)17-8-6-16(7-9-17)13-3-4-13/h2,5,10-11,13,18H,3-4,6-9H2,1H3/t11-/m1/s1. The molecule has 2 aliphatic rings. The second-order valence-corrected chi connectivity index (χ2v) is 5.38. The largest absolute Gasteiger partial charge is 0.389 e. The summed E-state index contributed by atoms with van der Waals surface area (Å²) in [5.74, 6) is 1.04. The van der Waals surface area contributed by atoms with Gasteiger partial charge in [-0.05, 0) is 31.4 Å². The Bertz CT molecular complexity index is 392. The molecule has 0 aromatic carbocycles. The summed E-state index contributed by atoms with van der Waals surface area (Å²) in [5, 5.41) is 9.47. The molecule has 1 aromatic heterocycles. The Kier molecular flexibility index (Phi) is 3.22. The predicted octanol–water partition coefficient (Wildman–Crippen LogP) is 1.42. The maximum absolute atomic E-state index is 9.47. The van der Waals surface area contributed by atoms with Crippen LogP contribution in [0.5, 0.6) is 0 Å². The molecule has 1 saturated carbocycles. The van der Waals surface area contributed by atoms with E-state index < -0.39 is 6.10 Å². The summed E-state index contributed by atoms with van der Waals surface area (Å²) in [5.41, 5.74) is 0.885. The molecular weight excluding hydrogens is 226 g/mol. The summed E-state index contributed by atoms with van der Waals surface area (Å²) in [6, 6.07) is 4.87. The Hall–Kier alpha value is -1.13. The van der Waals surface area contributed by atoms with E-state index in [-0.39, 0.29) is 0 Å². The fourth-order valence-corrected chi connectivity index (χ4v) is 2.59. The summed E-state index contributed by atoms with van der Waals surface area (Å²) < 4.78 is 0. The molecule has 2 heterocycles. The third-order valence-electron chi connectivity index (χ3n) is 3.95. The predicted molar refractivity (Wildman–Crippen MR) is 71.7 cm³/mol. The van der Waals surface area contributed by atoms with E-state index >= 15 is 0 Å². The molecule has 98 valence electrons. The van der Waals surface area contributed by atoms with Gasteiger partial charge in [0.25, 0.3) is 0 Å². The number of hydrogen-bond donors (Lipinski definition) is 1. The zero-order chi connectivity index (χ0) is 12.5. The van der Waals surface area contributed by atoms with Crippen molar-refractivity contribution in [3.05, 3.63) is 23.9 Å². The Balaban J connectivity index is 1.61. The molecule has 0 radical (unpaired) electrons. The number of hydrogen-bond acceptors (Lipinski definition) is 4. The SMILES string of the molecule is C[C@@H](O)c1ccc(N2CCN(C3CC3)CC2)nc1. The van der Waals surface area contributed by atoms with Crippen molar-refractivity contribution >= 4 is 5.82 Å². The van der Waals surface area contributed by atoms with Gasteiger partial charge < -0.3 is 10.0 Å². The lowest BCUT2D eigenvalue weighted by Gasteiger charge is -2.35. The van der Waals surface area contributed by atoms with Crippen LogP contribution in [0.1, 0.15) is 31.4 Å². The molecule has 0 bridgehead atoms. The summed E-state index contributed by atoms with van der Waals surface area (Å²) in [6.45, 7) is 6.22. The first-order valence-corrected chi connectivity index (χ1v) is 6.87. The van der Waals surface area contributed by atoms with Crippen molar-refractivity contribution in [3.63, 3.8) is 0 Å². The number of rotatable bonds is 3. The van der Waals surface area contributed by atoms with E-state index in [1.165, 1.54) is 12.8 Å². The first kappa shape index (κ1) is 11.9. The molecule has 1 N–H and O–H groups in total. The lowest BCUT2D eigenvalue weighted by Crippen LogP contribution is -2.47. The van der Waals surface area contributed by atoms with Crippen molar-refractivity contribution < 1.29 is 5.11 Å². The van der Waals surface area contributed by atoms with Gasteiger partial charge in [-0.15, -0.1) is 0 Å². The maximum atomic E-state index is 9.47. The zero-order valence-electron chi connectivity index (χ0n) is 10.9. The van der Waals surface area contributed by atoms with Crippen molar-refractivity contribution in [1.29, 1.82) is 0 Å². The van der Waals surface area contributed by atoms with E-state index in [2.05, 4.69) is 14.8 Å². The molecule has 0 spiro atoms. The fraction of sp³-hybridized carbons (Fsp3) is 0.643. The zero-order valence-corrected chi connectivity index (χ0v) is 10.9. The fourth-order valence-electron chi connectivity index (χ4n) is 2.59. The third kappa shape index (κ3) is 2.49. The van der Waals surface area contributed by atoms with Crippen molar-refractivity contribution in [1.82, 2.24) is 9.88 Å². The summed E-state index contributed by atoms with van der Waals surface area (Å²) in [7, 11) is 0. The average Bonchev–Trinajstić information content (AvgIpc) is 3.23. The highest BCUT2D eigenvalue weighted by atomic mass is 16.3. The molecule has 0 unspecified atom stereocenters. The van der Waals surface area contributed by atoms with Gasteiger partial charge in [-0.3, -0.25) is 4.90 Å². The first-order chi connectivity index (χ1) is 8.74. The van der Waals surface area contributed by atoms with Crippen molar-refractivity contribution in [2.24, 2.45) is 0 Å². The number of piperazine rings is 1. The van der Waals surface area contributed by atoms with Crippen LogP contribution in [-0.4, -0.2) is 47.2 Å². The van der Waals surface area contributed by atoms with Crippen LogP contribution in [0, 0.1) is 0 Å². The average molecular weight is 247 g/mol. The molecule has 1 aromatic rings. The van der Waals surface area contributed by atoms with Crippen LogP contribution in [0.15, 0.2) is 18.3 Å². The van der Waals surface area contributed by atoms with Crippen molar-refractivity contribution in [2.45, 2.75) is 31.9 Å². The van der Waals surface area contributed by atoms with Gasteiger partial charge >= 0.3 is 0 Å². The Labute approximate surface area is 108 Å². The molecule has 1 atom stereocenters. The van der Waals surface area contributed by atoms with E-state index in [1.54, 1.807) is 13.1 Å². The Morgan fingerprint density at radius 2 is 1.94 bits per heavy atom. The highest BCUT2D eigenvalue weighted by Crippen LogP contribution is 2.28. The minimum Gasteiger partial charge on any atom is -0.389 e. The van der Waals surface area contributed by atoms with Gasteiger partial charge in [0.05, 0.1) is 6.10 Å². The molecule has 3 rings (SSSR count). The van der Waals surface area contributed by atoms with Gasteiger partial charge in [-0.25, -0.2) is 4.98 Å². The van der Waals surface area contributed by atoms with Crippen LogP contribution in [0.3, 0.4) is 0 Å². The maximum Gasteiger partial charge on any atom is 0.128 e. The van der Waals surface area contributed by atoms with Gasteiger partial charge in [0.2, 0.25) is 0 Å². The van der Waals surface area contributed by atoms with Crippen LogP contribution in [0.2, 0.25) is 0 Å². The number of nitrogens with zero attached hydrogens (tertiary/aromatic N) is 3. The molecule has 1 aliphatic heterocycles. The Morgan fingerprint density at radius 1 is 1.22 bits per heavy atom. The minimum absolute atomic E-state index is 0.432. The Morgan fingerprint density at radius 3 is 2.44 bits per heavy atom. The highest BCUT2D eigenvalue weighted by Gasteiger charge is 2.31. The lowest BCUT2D eigenvalue weighted by molar-refractivity contribution is 0.199. The molecular formula is C14H21N3O. The second kappa shape index (κ2) is 4.86. The normalized spacial score (nSPS) is 23.1. The van der Waals surface area contributed by atoms with Crippen LogP contribution >= 0.6 is 0 Å². The van der Waals surface area contributed by atoms with Gasteiger partial charge in [0, 0.05) is 38.4 Å². The van der Waals surface area contributed by atoms with E-state index in [4.69, 9.17) is 0 Å². The monoisotopic (exact) mass is 247 g/mol. The summed E-state index contributed by atoms with van der Waals surface area (Å²) in [4.78, 5) is 9.39. The summed E-state index contributed by atoms with van der Waals surface area (Å²) >= 11 is 0. The lowest BCUT2D eigenvalue weighted by atomic mass is 10.2. The number of anilines is 1. The number of aromatic nitrogens is 1. The van der Waals surface area contributed by atoms with Crippen LogP contribution in [-0.2, 0) is 0 Å². The van der Waals surface area contributed by atoms with Gasteiger partial charge in [0.15, 0.2) is 0 Å². The van der Waals surface area contributed by atoms with Gasteiger partial charge in [0.1, 0.15) is 5.82 Å². The van der Waals surface area contributed by atoms with Crippen LogP contribution in [0.4, 0.5) is 5.82 Å². The molecule has 2 fully saturated rings. The second-order valence-electron chi connectivity index (χ2n) is 5.38. The molecule has 1 aliphatic carbocycles. The molecule has 4 heteroatoms. The third-order valence-corrected chi connectivity index (χ3v) is 3.95. The van der Waals surface area contributed by atoms with E-state index in [0.29, 0.717) is 0 Å². The molecule has 1 saturated heterocycles. The quantitative estimate of drug-likeness (QED) is 0.877. The van der Waals surface area contributed by atoms with Gasteiger partial charge in [-0.2, -0.15) is 0 Å². The van der Waals surface area contributed by atoms with Gasteiger partial charge in [-0.1, -0.05) is 6.07 Å². The number of aliphatic hydroxyl groups is 1. The number of pyridine rings is 1. The van der Waals surface area contributed by atoms with E-state index in [0.717, 1.165) is 43.6 Å². The van der Waals surface area contributed by atoms with Crippen molar-refractivity contribution in [3.8, 4) is 0 Å². The molecule has 18 heavy (non-hydrogen) atoms. The molecule has 4 nitrogen and oxygen atoms in total. The minimum atomic E-state index is -0.432.